The number of aryl methyl sites for hydroxylation is 3. The van der Waals surface area contributed by atoms with Crippen LogP contribution in [0.2, 0.25) is 0 Å². The third-order valence-corrected chi connectivity index (χ3v) is 6.97. The zero-order chi connectivity index (χ0) is 23.0. The molecule has 0 aliphatic rings. The molecule has 4 rings (SSSR count). The molecule has 8 nitrogen and oxygen atoms in total. The molecular formula is C23H24N4O4S. The number of aromatic nitrogens is 3. The van der Waals surface area contributed by atoms with Gasteiger partial charge in [-0.25, -0.2) is 9.86 Å². The van der Waals surface area contributed by atoms with Gasteiger partial charge >= 0.3 is 5.69 Å². The summed E-state index contributed by atoms with van der Waals surface area (Å²) in [4.78, 5) is 49.7. The van der Waals surface area contributed by atoms with E-state index in [2.05, 4.69) is 4.98 Å². The molecule has 3 aromatic heterocycles. The Bertz CT molecular complexity index is 1450. The molecule has 0 radical (unpaired) electrons. The second-order valence-corrected chi connectivity index (χ2v) is 8.53. The van der Waals surface area contributed by atoms with E-state index < -0.39 is 17.2 Å². The van der Waals surface area contributed by atoms with E-state index in [0.717, 1.165) is 31.0 Å². The first-order valence-corrected chi connectivity index (χ1v) is 11.1. The average molecular weight is 453 g/mol. The van der Waals surface area contributed by atoms with Crippen molar-refractivity contribution in [2.75, 3.05) is 14.2 Å². The molecule has 0 saturated heterocycles. The minimum Gasteiger partial charge on any atom is -0.285 e. The van der Waals surface area contributed by atoms with Crippen LogP contribution in [-0.2, 0) is 31.3 Å². The van der Waals surface area contributed by atoms with Gasteiger partial charge in [0.15, 0.2) is 0 Å². The van der Waals surface area contributed by atoms with E-state index in [1.165, 1.54) is 37.1 Å². The number of hydrogen-bond acceptors (Lipinski definition) is 6. The maximum atomic E-state index is 13.2. The highest BCUT2D eigenvalue weighted by Crippen LogP contribution is 2.31. The van der Waals surface area contributed by atoms with Crippen molar-refractivity contribution in [3.05, 3.63) is 73.4 Å². The molecule has 0 aliphatic heterocycles. The van der Waals surface area contributed by atoms with Gasteiger partial charge in [0, 0.05) is 37.1 Å². The van der Waals surface area contributed by atoms with Gasteiger partial charge in [0.05, 0.1) is 23.6 Å². The van der Waals surface area contributed by atoms with Gasteiger partial charge in [-0.3, -0.25) is 28.5 Å². The van der Waals surface area contributed by atoms with E-state index in [1.54, 1.807) is 6.20 Å². The Kier molecular flexibility index (Phi) is 5.94. The summed E-state index contributed by atoms with van der Waals surface area (Å²) < 4.78 is 2.60. The molecule has 32 heavy (non-hydrogen) atoms. The Morgan fingerprint density at radius 3 is 2.66 bits per heavy atom. The fourth-order valence-corrected chi connectivity index (χ4v) is 5.26. The first-order chi connectivity index (χ1) is 15.4. The third kappa shape index (κ3) is 3.53. The van der Waals surface area contributed by atoms with Crippen molar-refractivity contribution in [2.24, 2.45) is 7.05 Å². The van der Waals surface area contributed by atoms with E-state index in [9.17, 15) is 14.4 Å². The Hall–Kier alpha value is -3.30. The van der Waals surface area contributed by atoms with Gasteiger partial charge in [0.2, 0.25) is 0 Å². The van der Waals surface area contributed by atoms with E-state index in [0.29, 0.717) is 29.8 Å². The van der Waals surface area contributed by atoms with Crippen LogP contribution in [0.1, 0.15) is 27.7 Å². The number of pyridine rings is 1. The van der Waals surface area contributed by atoms with E-state index >= 15 is 0 Å². The van der Waals surface area contributed by atoms with E-state index in [-0.39, 0.29) is 5.39 Å². The fraction of sp³-hybridized carbons (Fsp3) is 0.304. The van der Waals surface area contributed by atoms with Crippen LogP contribution in [0.25, 0.3) is 21.1 Å². The average Bonchev–Trinajstić information content (AvgIpc) is 3.19. The lowest BCUT2D eigenvalue weighted by atomic mass is 10.0. The largest absolute Gasteiger partial charge is 0.331 e. The summed E-state index contributed by atoms with van der Waals surface area (Å²) in [5, 5.41) is 2.43. The Morgan fingerprint density at radius 1 is 1.19 bits per heavy atom. The number of fused-ring (bicyclic) bond motifs is 2. The Labute approximate surface area is 188 Å². The molecule has 0 saturated carbocycles. The molecule has 0 bridgehead atoms. The van der Waals surface area contributed by atoms with Gasteiger partial charge in [0.25, 0.3) is 11.5 Å². The molecule has 3 heterocycles. The lowest BCUT2D eigenvalue weighted by Gasteiger charge is -2.15. The third-order valence-electron chi connectivity index (χ3n) is 5.69. The number of carbonyl (C=O) groups is 1. The summed E-state index contributed by atoms with van der Waals surface area (Å²) in [7, 11) is 4.34. The zero-order valence-electron chi connectivity index (χ0n) is 18.4. The van der Waals surface area contributed by atoms with Gasteiger partial charge in [0.1, 0.15) is 4.83 Å². The van der Waals surface area contributed by atoms with Crippen molar-refractivity contribution < 1.29 is 9.63 Å². The number of benzene rings is 1. The molecule has 1 amide bonds. The van der Waals surface area contributed by atoms with Crippen molar-refractivity contribution in [3.63, 3.8) is 0 Å². The molecule has 166 valence electrons. The number of carbonyl (C=O) groups excluding carboxylic acids is 1. The second kappa shape index (κ2) is 8.68. The van der Waals surface area contributed by atoms with Crippen LogP contribution >= 0.6 is 11.3 Å². The molecule has 0 atom stereocenters. The van der Waals surface area contributed by atoms with Crippen molar-refractivity contribution in [1.82, 2.24) is 19.2 Å². The van der Waals surface area contributed by atoms with Gasteiger partial charge in [-0.05, 0) is 37.5 Å². The quantitative estimate of drug-likeness (QED) is 0.420. The smallest absolute Gasteiger partial charge is 0.285 e. The van der Waals surface area contributed by atoms with Gasteiger partial charge < -0.3 is 0 Å². The van der Waals surface area contributed by atoms with Gasteiger partial charge in [-0.1, -0.05) is 18.2 Å². The summed E-state index contributed by atoms with van der Waals surface area (Å²) in [6.07, 6.45) is 2.97. The summed E-state index contributed by atoms with van der Waals surface area (Å²) >= 11 is 1.32. The molecule has 0 aliphatic carbocycles. The molecule has 0 fully saturated rings. The second-order valence-electron chi connectivity index (χ2n) is 7.44. The molecule has 4 aromatic rings. The zero-order valence-corrected chi connectivity index (χ0v) is 19.2. The minimum atomic E-state index is -0.473. The number of hydrogen-bond donors (Lipinski definition) is 0. The molecule has 0 N–H and O–H groups in total. The normalized spacial score (nSPS) is 11.4. The van der Waals surface area contributed by atoms with Crippen LogP contribution in [0.4, 0.5) is 0 Å². The SMILES string of the molecule is CCn1c(=O)n(C)c(=O)c2c(C(=O)N(C)OC)c(CCc3ccnc4ccccc34)sc21. The Morgan fingerprint density at radius 2 is 1.94 bits per heavy atom. The van der Waals surface area contributed by atoms with Crippen LogP contribution in [0.5, 0.6) is 0 Å². The van der Waals surface area contributed by atoms with Crippen LogP contribution in [0, 0.1) is 0 Å². The number of amides is 1. The van der Waals surface area contributed by atoms with Crippen LogP contribution in [-0.4, -0.2) is 39.2 Å². The minimum absolute atomic E-state index is 0.266. The molecular weight excluding hydrogens is 428 g/mol. The topological polar surface area (TPSA) is 86.4 Å². The standard InChI is InChI=1S/C23H24N4O4S/c1-5-27-22-19(20(28)25(2)23(27)30)18(21(29)26(3)31-4)17(32-22)11-10-14-12-13-24-16-9-7-6-8-15(14)16/h6-9,12-13H,5,10-11H2,1-4H3. The number of rotatable bonds is 6. The molecule has 1 aromatic carbocycles. The molecule has 9 heteroatoms. The summed E-state index contributed by atoms with van der Waals surface area (Å²) in [6.45, 7) is 2.24. The first kappa shape index (κ1) is 21.9. The monoisotopic (exact) mass is 452 g/mol. The highest BCUT2D eigenvalue weighted by molar-refractivity contribution is 7.19. The van der Waals surface area contributed by atoms with Gasteiger partial charge in [-0.2, -0.15) is 0 Å². The maximum Gasteiger partial charge on any atom is 0.331 e. The van der Waals surface area contributed by atoms with Crippen molar-refractivity contribution in [2.45, 2.75) is 26.3 Å². The predicted molar refractivity (Wildman–Crippen MR) is 125 cm³/mol. The Balaban J connectivity index is 1.90. The van der Waals surface area contributed by atoms with Crippen LogP contribution < -0.4 is 11.2 Å². The first-order valence-electron chi connectivity index (χ1n) is 10.3. The number of thiophene rings is 1. The highest BCUT2D eigenvalue weighted by Gasteiger charge is 2.27. The summed E-state index contributed by atoms with van der Waals surface area (Å²) in [5.74, 6) is -0.410. The van der Waals surface area contributed by atoms with Crippen molar-refractivity contribution in [3.8, 4) is 0 Å². The lowest BCUT2D eigenvalue weighted by Crippen LogP contribution is -2.38. The molecule has 0 spiro atoms. The number of nitrogens with zero attached hydrogens (tertiary/aromatic N) is 4. The lowest BCUT2D eigenvalue weighted by molar-refractivity contribution is -0.0756. The van der Waals surface area contributed by atoms with Gasteiger partial charge in [-0.15, -0.1) is 11.3 Å². The number of hydroxylamine groups is 2. The fourth-order valence-electron chi connectivity index (χ4n) is 3.92. The predicted octanol–water partition coefficient (Wildman–Crippen LogP) is 2.75. The van der Waals surface area contributed by atoms with E-state index in [1.807, 2.05) is 37.3 Å². The van der Waals surface area contributed by atoms with Crippen molar-refractivity contribution in [1.29, 1.82) is 0 Å². The van der Waals surface area contributed by atoms with Crippen molar-refractivity contribution >= 4 is 38.4 Å². The highest BCUT2D eigenvalue weighted by atomic mass is 32.1. The van der Waals surface area contributed by atoms with E-state index in [4.69, 9.17) is 4.84 Å². The summed E-state index contributed by atoms with van der Waals surface area (Å²) in [6, 6.07) is 9.88. The number of para-hydroxylation sites is 1. The molecule has 0 unspecified atom stereocenters. The maximum absolute atomic E-state index is 13.2. The summed E-state index contributed by atoms with van der Waals surface area (Å²) in [5.41, 5.74) is 1.45. The van der Waals surface area contributed by atoms with Crippen LogP contribution in [0.3, 0.4) is 0 Å². The van der Waals surface area contributed by atoms with Crippen LogP contribution in [0.15, 0.2) is 46.1 Å².